The number of aromatic nitrogens is 4. The van der Waals surface area contributed by atoms with Crippen molar-refractivity contribution >= 4 is 45.4 Å². The van der Waals surface area contributed by atoms with Crippen LogP contribution in [0.25, 0.3) is 21.9 Å². The van der Waals surface area contributed by atoms with Gasteiger partial charge in [-0.3, -0.25) is 10.1 Å². The van der Waals surface area contributed by atoms with E-state index in [-0.39, 0.29) is 17.8 Å². The van der Waals surface area contributed by atoms with Gasteiger partial charge in [0, 0.05) is 30.0 Å². The van der Waals surface area contributed by atoms with Crippen LogP contribution in [0.15, 0.2) is 30.5 Å². The Kier molecular flexibility index (Phi) is 11.0. The minimum Gasteiger partial charge on any atom is -0.358 e. The molecule has 7 heteroatoms. The summed E-state index contributed by atoms with van der Waals surface area (Å²) in [5.41, 5.74) is 5.83. The van der Waals surface area contributed by atoms with E-state index in [1.165, 1.54) is 41.9 Å². The minimum atomic E-state index is -0.203. The number of nitrogens with one attached hydrogen (secondary N) is 3. The standard InChI is InChI=1S/C14H17N.C11H13ClN4O.2C2H6/c1-9(2)13-8-11-4-3-5-12(10-6-7-10)14(11)15-13;1-5(2)9-8(12)7-4-13-11(14-6(3)17)16-10(7)15-9;2*1-2/h3-5,8-10,15H,6-7H2,1-2H3;4-5H,1-3H3,(H2,13,14,15,16,17);2*1-2H3. The molecule has 0 spiro atoms. The molecule has 1 aliphatic rings. The number of carbonyl (C=O) groups is 1. The fraction of sp³-hybridized carbons (Fsp3) is 0.483. The van der Waals surface area contributed by atoms with Gasteiger partial charge < -0.3 is 9.97 Å². The molecule has 5 rings (SSSR count). The number of hydrogen-bond acceptors (Lipinski definition) is 3. The van der Waals surface area contributed by atoms with E-state index >= 15 is 0 Å². The fourth-order valence-electron chi connectivity index (χ4n) is 3.83. The van der Waals surface area contributed by atoms with Crippen molar-refractivity contribution in [3.8, 4) is 0 Å². The van der Waals surface area contributed by atoms with E-state index in [2.05, 4.69) is 63.4 Å². The third-order valence-corrected chi connectivity index (χ3v) is 6.14. The van der Waals surface area contributed by atoms with Gasteiger partial charge in [-0.2, -0.15) is 4.98 Å². The van der Waals surface area contributed by atoms with E-state index in [4.69, 9.17) is 11.6 Å². The number of halogens is 1. The van der Waals surface area contributed by atoms with E-state index in [0.717, 1.165) is 17.0 Å². The summed E-state index contributed by atoms with van der Waals surface area (Å²) in [5.74, 6) is 1.77. The number of rotatable bonds is 4. The van der Waals surface area contributed by atoms with Crippen molar-refractivity contribution in [3.63, 3.8) is 0 Å². The molecule has 0 unspecified atom stereocenters. The quantitative estimate of drug-likeness (QED) is 0.255. The van der Waals surface area contributed by atoms with Crippen LogP contribution in [0.1, 0.15) is 110 Å². The third-order valence-electron chi connectivity index (χ3n) is 5.73. The predicted octanol–water partition coefficient (Wildman–Crippen LogP) is 8.91. The molecule has 1 fully saturated rings. The van der Waals surface area contributed by atoms with Crippen molar-refractivity contribution in [2.45, 2.75) is 92.9 Å². The maximum absolute atomic E-state index is 10.9. The zero-order valence-electron chi connectivity index (χ0n) is 23.2. The van der Waals surface area contributed by atoms with Gasteiger partial charge in [-0.05, 0) is 47.6 Å². The Hall–Kier alpha value is -2.86. The molecule has 0 atom stereocenters. The summed E-state index contributed by atoms with van der Waals surface area (Å²) < 4.78 is 0. The Morgan fingerprint density at radius 3 is 2.28 bits per heavy atom. The van der Waals surface area contributed by atoms with E-state index < -0.39 is 0 Å². The number of aromatic amines is 2. The number of para-hydroxylation sites is 1. The Morgan fingerprint density at radius 2 is 1.72 bits per heavy atom. The second-order valence-corrected chi connectivity index (χ2v) is 9.49. The molecule has 0 saturated heterocycles. The highest BCUT2D eigenvalue weighted by atomic mass is 35.5. The number of anilines is 1. The van der Waals surface area contributed by atoms with Gasteiger partial charge in [0.15, 0.2) is 0 Å². The van der Waals surface area contributed by atoms with Crippen LogP contribution in [-0.4, -0.2) is 25.8 Å². The van der Waals surface area contributed by atoms with Crippen molar-refractivity contribution in [2.24, 2.45) is 0 Å². The van der Waals surface area contributed by atoms with Crippen LogP contribution in [-0.2, 0) is 4.79 Å². The van der Waals surface area contributed by atoms with Gasteiger partial charge >= 0.3 is 0 Å². The number of H-pyrrole nitrogens is 2. The number of nitrogens with zero attached hydrogens (tertiary/aromatic N) is 2. The Bertz CT molecular complexity index is 1270. The minimum absolute atomic E-state index is 0.203. The zero-order valence-corrected chi connectivity index (χ0v) is 24.0. The molecule has 1 aliphatic carbocycles. The summed E-state index contributed by atoms with van der Waals surface area (Å²) in [7, 11) is 0. The Labute approximate surface area is 220 Å². The van der Waals surface area contributed by atoms with Crippen LogP contribution < -0.4 is 5.32 Å². The first kappa shape index (κ1) is 29.4. The average Bonchev–Trinajstić information content (AvgIpc) is 3.52. The lowest BCUT2D eigenvalue weighted by molar-refractivity contribution is -0.114. The second kappa shape index (κ2) is 13.4. The molecule has 1 saturated carbocycles. The molecule has 3 aromatic heterocycles. The molecule has 196 valence electrons. The Morgan fingerprint density at radius 1 is 1.06 bits per heavy atom. The molecule has 1 amide bonds. The predicted molar refractivity (Wildman–Crippen MR) is 154 cm³/mol. The highest BCUT2D eigenvalue weighted by Crippen LogP contribution is 2.43. The number of carbonyl (C=O) groups excluding carboxylic acids is 1. The lowest BCUT2D eigenvalue weighted by Gasteiger charge is -2.01. The van der Waals surface area contributed by atoms with E-state index in [1.807, 2.05) is 41.5 Å². The normalized spacial score (nSPS) is 12.4. The first-order valence-electron chi connectivity index (χ1n) is 13.2. The molecule has 3 N–H and O–H groups in total. The van der Waals surface area contributed by atoms with Crippen LogP contribution in [0, 0.1) is 0 Å². The third kappa shape index (κ3) is 7.10. The molecule has 0 aliphatic heterocycles. The van der Waals surface area contributed by atoms with Crippen molar-refractivity contribution in [1.82, 2.24) is 19.9 Å². The first-order chi connectivity index (χ1) is 17.2. The first-order valence-corrected chi connectivity index (χ1v) is 13.6. The second-order valence-electron chi connectivity index (χ2n) is 9.11. The van der Waals surface area contributed by atoms with Crippen molar-refractivity contribution < 1.29 is 4.79 Å². The lowest BCUT2D eigenvalue weighted by atomic mass is 10.1. The summed E-state index contributed by atoms with van der Waals surface area (Å²) in [4.78, 5) is 25.9. The average molecular weight is 512 g/mol. The summed E-state index contributed by atoms with van der Waals surface area (Å²) in [6, 6.07) is 8.98. The van der Waals surface area contributed by atoms with Gasteiger partial charge in [-0.25, -0.2) is 4.98 Å². The molecule has 1 aromatic carbocycles. The van der Waals surface area contributed by atoms with E-state index in [1.54, 1.807) is 6.20 Å². The number of fused-ring (bicyclic) bond motifs is 2. The summed E-state index contributed by atoms with van der Waals surface area (Å²) in [6.45, 7) is 18.0. The van der Waals surface area contributed by atoms with Gasteiger partial charge in [0.1, 0.15) is 5.65 Å². The maximum Gasteiger partial charge on any atom is 0.231 e. The molecule has 4 aromatic rings. The van der Waals surface area contributed by atoms with Crippen molar-refractivity contribution in [1.29, 1.82) is 0 Å². The van der Waals surface area contributed by atoms with Gasteiger partial charge in [0.25, 0.3) is 0 Å². The molecule has 6 nitrogen and oxygen atoms in total. The van der Waals surface area contributed by atoms with Gasteiger partial charge in [-0.1, -0.05) is 85.2 Å². The van der Waals surface area contributed by atoms with Crippen molar-refractivity contribution in [3.05, 3.63) is 52.4 Å². The van der Waals surface area contributed by atoms with Crippen LogP contribution in [0.2, 0.25) is 5.02 Å². The van der Waals surface area contributed by atoms with Crippen LogP contribution in [0.5, 0.6) is 0 Å². The van der Waals surface area contributed by atoms with Gasteiger partial charge in [0.05, 0.1) is 10.4 Å². The number of amides is 1. The highest BCUT2D eigenvalue weighted by Gasteiger charge is 2.25. The molecular weight excluding hydrogens is 470 g/mol. The molecule has 36 heavy (non-hydrogen) atoms. The van der Waals surface area contributed by atoms with E-state index in [9.17, 15) is 4.79 Å². The monoisotopic (exact) mass is 511 g/mol. The summed E-state index contributed by atoms with van der Waals surface area (Å²) in [6.07, 6.45) is 4.35. The summed E-state index contributed by atoms with van der Waals surface area (Å²) in [5, 5.41) is 5.32. The van der Waals surface area contributed by atoms with E-state index in [0.29, 0.717) is 16.6 Å². The van der Waals surface area contributed by atoms with Crippen LogP contribution >= 0.6 is 11.6 Å². The molecular formula is C29H42ClN5O. The van der Waals surface area contributed by atoms with Gasteiger partial charge in [-0.15, -0.1) is 0 Å². The van der Waals surface area contributed by atoms with Gasteiger partial charge in [0.2, 0.25) is 11.9 Å². The molecule has 3 heterocycles. The number of hydrogen-bond donors (Lipinski definition) is 3. The van der Waals surface area contributed by atoms with Crippen LogP contribution in [0.4, 0.5) is 5.95 Å². The summed E-state index contributed by atoms with van der Waals surface area (Å²) >= 11 is 6.21. The highest BCUT2D eigenvalue weighted by molar-refractivity contribution is 6.36. The number of benzene rings is 1. The molecule has 0 bridgehead atoms. The topological polar surface area (TPSA) is 86.5 Å². The van der Waals surface area contributed by atoms with Crippen molar-refractivity contribution in [2.75, 3.05) is 5.32 Å². The Balaban J connectivity index is 0.000000224. The zero-order chi connectivity index (χ0) is 27.0. The van der Waals surface area contributed by atoms with Crippen LogP contribution in [0.3, 0.4) is 0 Å². The maximum atomic E-state index is 10.9. The smallest absolute Gasteiger partial charge is 0.231 e. The lowest BCUT2D eigenvalue weighted by Crippen LogP contribution is -2.08. The molecule has 0 radical (unpaired) electrons. The SMILES string of the molecule is CC.CC.CC(=O)Nc1ncc2c(Cl)c(C(C)C)[nH]c2n1.CC(C)c1cc2cccc(C3CC3)c2[nH]1. The fourth-order valence-corrected chi connectivity index (χ4v) is 4.23. The largest absolute Gasteiger partial charge is 0.358 e.